The van der Waals surface area contributed by atoms with Gasteiger partial charge >= 0.3 is 0 Å². The molecule has 0 unspecified atom stereocenters. The van der Waals surface area contributed by atoms with E-state index in [1.54, 1.807) is 12.4 Å². The van der Waals surface area contributed by atoms with Gasteiger partial charge in [-0.1, -0.05) is 12.1 Å². The van der Waals surface area contributed by atoms with Crippen molar-refractivity contribution in [2.75, 3.05) is 0 Å². The first kappa shape index (κ1) is 11.9. The van der Waals surface area contributed by atoms with Gasteiger partial charge in [-0.15, -0.1) is 0 Å². The number of rotatable bonds is 2. The van der Waals surface area contributed by atoms with E-state index >= 15 is 0 Å². The number of nitrogens with zero attached hydrogens (tertiary/aromatic N) is 5. The first-order valence-electron chi connectivity index (χ1n) is 5.57. The first-order chi connectivity index (χ1) is 9.33. The molecule has 3 rings (SSSR count). The fraction of sp³-hybridized carbons (Fsp3) is 0. The van der Waals surface area contributed by atoms with Crippen molar-refractivity contribution in [2.24, 2.45) is 0 Å². The molecule has 0 aliphatic heterocycles. The lowest BCUT2D eigenvalue weighted by Crippen LogP contribution is -1.99. The molecule has 0 aliphatic rings. The molecule has 0 bridgehead atoms. The lowest BCUT2D eigenvalue weighted by molar-refractivity contribution is 1.01. The normalized spacial score (nSPS) is 10.4. The number of aromatic nitrogens is 5. The minimum absolute atomic E-state index is 0.462. The molecule has 0 saturated heterocycles. The van der Waals surface area contributed by atoms with Crippen LogP contribution in [0.2, 0.25) is 0 Å². The average Bonchev–Trinajstić information content (AvgIpc) is 2.48. The van der Waals surface area contributed by atoms with Crippen molar-refractivity contribution < 1.29 is 0 Å². The summed E-state index contributed by atoms with van der Waals surface area (Å²) >= 11 is 3.29. The summed E-state index contributed by atoms with van der Waals surface area (Å²) in [5.74, 6) is 1.03. The first-order valence-corrected chi connectivity index (χ1v) is 6.36. The smallest absolute Gasteiger partial charge is 0.200 e. The maximum Gasteiger partial charge on any atom is 0.200 e. The third-order valence-corrected chi connectivity index (χ3v) is 2.75. The molecule has 0 aliphatic carbocycles. The predicted octanol–water partition coefficient (Wildman–Crippen LogP) is 2.76. The summed E-state index contributed by atoms with van der Waals surface area (Å²) in [6, 6.07) is 11.2. The monoisotopic (exact) mass is 313 g/mol. The molecular formula is C13H8BrN5. The molecule has 0 fully saturated rings. The highest BCUT2D eigenvalue weighted by Crippen LogP contribution is 2.18. The second-order valence-electron chi connectivity index (χ2n) is 3.68. The molecule has 3 heterocycles. The Balaban J connectivity index is 2.12. The fourth-order valence-electron chi connectivity index (χ4n) is 1.57. The summed E-state index contributed by atoms with van der Waals surface area (Å²) in [5, 5.41) is 0. The highest BCUT2D eigenvalue weighted by Gasteiger charge is 2.09. The van der Waals surface area contributed by atoms with Crippen molar-refractivity contribution in [1.82, 2.24) is 24.9 Å². The molecule has 92 valence electrons. The number of hydrogen-bond donors (Lipinski definition) is 0. The second-order valence-corrected chi connectivity index (χ2v) is 4.39. The van der Waals surface area contributed by atoms with Crippen LogP contribution >= 0.6 is 15.9 Å². The molecule has 0 spiro atoms. The van der Waals surface area contributed by atoms with E-state index in [0.29, 0.717) is 27.8 Å². The molecule has 3 aromatic heterocycles. The zero-order chi connectivity index (χ0) is 13.1. The van der Waals surface area contributed by atoms with E-state index in [2.05, 4.69) is 40.8 Å². The Labute approximate surface area is 118 Å². The summed E-state index contributed by atoms with van der Waals surface area (Å²) in [4.78, 5) is 21.3. The van der Waals surface area contributed by atoms with E-state index in [-0.39, 0.29) is 0 Å². The maximum absolute atomic E-state index is 4.40. The van der Waals surface area contributed by atoms with Crippen molar-refractivity contribution in [1.29, 1.82) is 0 Å². The van der Waals surface area contributed by atoms with Gasteiger partial charge in [0, 0.05) is 12.4 Å². The van der Waals surface area contributed by atoms with Crippen LogP contribution in [0.25, 0.3) is 23.0 Å². The molecule has 19 heavy (non-hydrogen) atoms. The van der Waals surface area contributed by atoms with Crippen LogP contribution in [0.15, 0.2) is 53.5 Å². The van der Waals surface area contributed by atoms with Gasteiger partial charge < -0.3 is 0 Å². The Morgan fingerprint density at radius 3 is 1.63 bits per heavy atom. The van der Waals surface area contributed by atoms with Gasteiger partial charge in [0.05, 0.1) is 0 Å². The average molecular weight is 314 g/mol. The SMILES string of the molecule is Brc1nc(-c2ccccn2)nc(-c2ccccn2)n1. The largest absolute Gasteiger partial charge is 0.253 e. The number of halogens is 1. The van der Waals surface area contributed by atoms with E-state index in [1.807, 2.05) is 36.4 Å². The second kappa shape index (κ2) is 5.19. The zero-order valence-corrected chi connectivity index (χ0v) is 11.3. The standard InChI is InChI=1S/C13H8BrN5/c14-13-18-11(9-5-1-3-7-15-9)17-12(19-13)10-6-2-4-8-16-10/h1-8H. The van der Waals surface area contributed by atoms with Crippen molar-refractivity contribution in [2.45, 2.75) is 0 Å². The van der Waals surface area contributed by atoms with Gasteiger partial charge in [-0.3, -0.25) is 9.97 Å². The van der Waals surface area contributed by atoms with E-state index in [9.17, 15) is 0 Å². The van der Waals surface area contributed by atoms with Gasteiger partial charge in [0.25, 0.3) is 0 Å². The topological polar surface area (TPSA) is 64.5 Å². The van der Waals surface area contributed by atoms with Crippen LogP contribution in [0.4, 0.5) is 0 Å². The molecular weight excluding hydrogens is 306 g/mol. The lowest BCUT2D eigenvalue weighted by Gasteiger charge is -2.03. The molecule has 3 aromatic rings. The Morgan fingerprint density at radius 1 is 0.684 bits per heavy atom. The third kappa shape index (κ3) is 2.63. The van der Waals surface area contributed by atoms with Crippen LogP contribution in [0.1, 0.15) is 0 Å². The van der Waals surface area contributed by atoms with Crippen LogP contribution in [0.5, 0.6) is 0 Å². The van der Waals surface area contributed by atoms with E-state index in [4.69, 9.17) is 0 Å². The third-order valence-electron chi connectivity index (χ3n) is 2.40. The minimum Gasteiger partial charge on any atom is -0.253 e. The van der Waals surface area contributed by atoms with Gasteiger partial charge in [-0.2, -0.15) is 0 Å². The summed E-state index contributed by atoms with van der Waals surface area (Å²) in [6.07, 6.45) is 3.40. The summed E-state index contributed by atoms with van der Waals surface area (Å²) in [5.41, 5.74) is 1.39. The Hall–Kier alpha value is -2.21. The van der Waals surface area contributed by atoms with Crippen LogP contribution in [-0.4, -0.2) is 24.9 Å². The molecule has 0 amide bonds. The highest BCUT2D eigenvalue weighted by molar-refractivity contribution is 9.10. The van der Waals surface area contributed by atoms with E-state index < -0.39 is 0 Å². The van der Waals surface area contributed by atoms with E-state index in [0.717, 1.165) is 0 Å². The summed E-state index contributed by atoms with van der Waals surface area (Å²) < 4.78 is 0.462. The molecule has 6 heteroatoms. The molecule has 5 nitrogen and oxygen atoms in total. The van der Waals surface area contributed by atoms with Gasteiger partial charge in [-0.05, 0) is 40.2 Å². The lowest BCUT2D eigenvalue weighted by atomic mass is 10.3. The van der Waals surface area contributed by atoms with Crippen LogP contribution in [0.3, 0.4) is 0 Å². The highest BCUT2D eigenvalue weighted by atomic mass is 79.9. The minimum atomic E-state index is 0.462. The molecule has 0 saturated carbocycles. The molecule has 0 aromatic carbocycles. The van der Waals surface area contributed by atoms with Crippen LogP contribution in [-0.2, 0) is 0 Å². The van der Waals surface area contributed by atoms with Crippen LogP contribution < -0.4 is 0 Å². The van der Waals surface area contributed by atoms with Gasteiger partial charge in [0.2, 0.25) is 4.73 Å². The predicted molar refractivity (Wildman–Crippen MR) is 74.0 cm³/mol. The number of hydrogen-bond acceptors (Lipinski definition) is 5. The van der Waals surface area contributed by atoms with Gasteiger partial charge in [0.1, 0.15) is 11.4 Å². The molecule has 0 N–H and O–H groups in total. The number of pyridine rings is 2. The van der Waals surface area contributed by atoms with Crippen molar-refractivity contribution >= 4 is 15.9 Å². The molecule has 0 radical (unpaired) electrons. The van der Waals surface area contributed by atoms with E-state index in [1.165, 1.54) is 0 Å². The summed E-state index contributed by atoms with van der Waals surface area (Å²) in [6.45, 7) is 0. The van der Waals surface area contributed by atoms with Crippen molar-refractivity contribution in [3.8, 4) is 23.0 Å². The maximum atomic E-state index is 4.40. The zero-order valence-electron chi connectivity index (χ0n) is 9.73. The van der Waals surface area contributed by atoms with Crippen LogP contribution in [0, 0.1) is 0 Å². The van der Waals surface area contributed by atoms with Gasteiger partial charge in [-0.25, -0.2) is 15.0 Å². The molecule has 0 atom stereocenters. The Kier molecular flexibility index (Phi) is 3.24. The van der Waals surface area contributed by atoms with Crippen molar-refractivity contribution in [3.05, 3.63) is 53.5 Å². The Bertz CT molecular complexity index is 630. The summed E-state index contributed by atoms with van der Waals surface area (Å²) in [7, 11) is 0. The fourth-order valence-corrected chi connectivity index (χ4v) is 1.91. The van der Waals surface area contributed by atoms with Crippen molar-refractivity contribution in [3.63, 3.8) is 0 Å². The van der Waals surface area contributed by atoms with Gasteiger partial charge in [0.15, 0.2) is 11.6 Å². The quantitative estimate of drug-likeness (QED) is 0.728. The Morgan fingerprint density at radius 2 is 1.21 bits per heavy atom.